The molecular formula is C13H15N3O2. The SMILES string of the molecule is CC(C)C(=O)NC1=NN(c2ccccc2)C(=O)C1. The number of hydrogen-bond donors (Lipinski definition) is 1. The quantitative estimate of drug-likeness (QED) is 0.858. The number of amides is 2. The highest BCUT2D eigenvalue weighted by atomic mass is 16.2. The van der Waals surface area contributed by atoms with Crippen LogP contribution >= 0.6 is 0 Å². The first kappa shape index (κ1) is 12.3. The highest BCUT2D eigenvalue weighted by Crippen LogP contribution is 2.19. The third-order valence-electron chi connectivity index (χ3n) is 2.57. The summed E-state index contributed by atoms with van der Waals surface area (Å²) in [6.45, 7) is 3.59. The van der Waals surface area contributed by atoms with Crippen LogP contribution in [0.15, 0.2) is 35.4 Å². The second-order valence-electron chi connectivity index (χ2n) is 4.41. The number of carbonyl (C=O) groups excluding carboxylic acids is 2. The molecule has 18 heavy (non-hydrogen) atoms. The van der Waals surface area contributed by atoms with Crippen LogP contribution in [-0.4, -0.2) is 17.6 Å². The Morgan fingerprint density at radius 2 is 2.00 bits per heavy atom. The van der Waals surface area contributed by atoms with Crippen molar-refractivity contribution in [3.8, 4) is 0 Å². The molecule has 0 unspecified atom stereocenters. The van der Waals surface area contributed by atoms with Gasteiger partial charge in [0.15, 0.2) is 0 Å². The van der Waals surface area contributed by atoms with Gasteiger partial charge >= 0.3 is 0 Å². The van der Waals surface area contributed by atoms with Gasteiger partial charge in [-0.2, -0.15) is 10.1 Å². The van der Waals surface area contributed by atoms with Crippen LogP contribution in [0.1, 0.15) is 20.3 Å². The molecule has 0 spiro atoms. The number of nitrogens with one attached hydrogen (secondary N) is 1. The van der Waals surface area contributed by atoms with Crippen LogP contribution in [0.5, 0.6) is 0 Å². The van der Waals surface area contributed by atoms with E-state index < -0.39 is 0 Å². The normalized spacial score (nSPS) is 14.9. The molecule has 1 aromatic carbocycles. The average molecular weight is 245 g/mol. The zero-order chi connectivity index (χ0) is 13.1. The molecule has 1 aliphatic heterocycles. The summed E-state index contributed by atoms with van der Waals surface area (Å²) in [6.07, 6.45) is 0.132. The Balaban J connectivity index is 2.13. The van der Waals surface area contributed by atoms with Crippen LogP contribution in [0.4, 0.5) is 5.69 Å². The second-order valence-corrected chi connectivity index (χ2v) is 4.41. The van der Waals surface area contributed by atoms with E-state index in [2.05, 4.69) is 10.4 Å². The molecule has 0 saturated heterocycles. The summed E-state index contributed by atoms with van der Waals surface area (Å²) in [6, 6.07) is 9.14. The fraction of sp³-hybridized carbons (Fsp3) is 0.308. The Morgan fingerprint density at radius 1 is 1.33 bits per heavy atom. The van der Waals surface area contributed by atoms with Gasteiger partial charge in [-0.25, -0.2) is 0 Å². The molecule has 1 N–H and O–H groups in total. The number of hydrazone groups is 1. The third kappa shape index (κ3) is 2.56. The van der Waals surface area contributed by atoms with Crippen molar-refractivity contribution in [3.05, 3.63) is 30.3 Å². The van der Waals surface area contributed by atoms with Crippen LogP contribution in [0.25, 0.3) is 0 Å². The van der Waals surface area contributed by atoms with E-state index in [-0.39, 0.29) is 24.2 Å². The lowest BCUT2D eigenvalue weighted by molar-refractivity contribution is -0.122. The van der Waals surface area contributed by atoms with E-state index >= 15 is 0 Å². The topological polar surface area (TPSA) is 61.8 Å². The minimum atomic E-state index is -0.139. The van der Waals surface area contributed by atoms with Crippen molar-refractivity contribution < 1.29 is 9.59 Å². The lowest BCUT2D eigenvalue weighted by Crippen LogP contribution is -2.33. The summed E-state index contributed by atoms with van der Waals surface area (Å²) < 4.78 is 0. The Labute approximate surface area is 105 Å². The van der Waals surface area contributed by atoms with Gasteiger partial charge in [0.2, 0.25) is 5.91 Å². The molecule has 5 heteroatoms. The molecule has 0 fully saturated rings. The van der Waals surface area contributed by atoms with Gasteiger partial charge in [-0.15, -0.1) is 0 Å². The van der Waals surface area contributed by atoms with Gasteiger partial charge < -0.3 is 5.32 Å². The monoisotopic (exact) mass is 245 g/mol. The summed E-state index contributed by atoms with van der Waals surface area (Å²) in [5.74, 6) is 0.00727. The van der Waals surface area contributed by atoms with Crippen molar-refractivity contribution >= 4 is 23.3 Å². The first-order valence-electron chi connectivity index (χ1n) is 5.84. The molecular weight excluding hydrogens is 230 g/mol. The number of carbonyl (C=O) groups is 2. The van der Waals surface area contributed by atoms with Gasteiger partial charge in [-0.05, 0) is 12.1 Å². The molecule has 1 aliphatic rings. The van der Waals surface area contributed by atoms with Crippen molar-refractivity contribution in [2.75, 3.05) is 5.01 Å². The maximum absolute atomic E-state index is 11.8. The van der Waals surface area contributed by atoms with E-state index in [1.165, 1.54) is 5.01 Å². The standard InChI is InChI=1S/C13H15N3O2/c1-9(2)13(18)14-11-8-12(17)16(15-11)10-6-4-3-5-7-10/h3-7,9H,8H2,1-2H3,(H,14,15,18). The minimum Gasteiger partial charge on any atom is -0.312 e. The van der Waals surface area contributed by atoms with Crippen molar-refractivity contribution in [1.29, 1.82) is 0 Å². The Bertz CT molecular complexity index is 494. The Kier molecular flexibility index (Phi) is 3.41. The van der Waals surface area contributed by atoms with Gasteiger partial charge in [-0.1, -0.05) is 32.0 Å². The summed E-state index contributed by atoms with van der Waals surface area (Å²) in [7, 11) is 0. The summed E-state index contributed by atoms with van der Waals surface area (Å²) >= 11 is 0. The molecule has 0 bridgehead atoms. The molecule has 0 atom stereocenters. The van der Waals surface area contributed by atoms with Crippen LogP contribution < -0.4 is 10.3 Å². The number of anilines is 1. The van der Waals surface area contributed by atoms with Gasteiger partial charge in [0, 0.05) is 5.92 Å². The predicted molar refractivity (Wildman–Crippen MR) is 69.0 cm³/mol. The molecule has 0 aromatic heterocycles. The molecule has 0 aliphatic carbocycles. The van der Waals surface area contributed by atoms with E-state index in [9.17, 15) is 9.59 Å². The molecule has 2 amide bonds. The van der Waals surface area contributed by atoms with Crippen LogP contribution in [0.2, 0.25) is 0 Å². The fourth-order valence-corrected chi connectivity index (χ4v) is 1.56. The molecule has 94 valence electrons. The fourth-order valence-electron chi connectivity index (χ4n) is 1.56. The molecule has 0 radical (unpaired) electrons. The zero-order valence-electron chi connectivity index (χ0n) is 10.4. The maximum atomic E-state index is 11.8. The molecule has 5 nitrogen and oxygen atoms in total. The smallest absolute Gasteiger partial charge is 0.255 e. The third-order valence-corrected chi connectivity index (χ3v) is 2.57. The number of nitrogens with zero attached hydrogens (tertiary/aromatic N) is 2. The van der Waals surface area contributed by atoms with E-state index in [1.54, 1.807) is 26.0 Å². The van der Waals surface area contributed by atoms with Gasteiger partial charge in [0.1, 0.15) is 5.84 Å². The summed E-state index contributed by atoms with van der Waals surface area (Å²) in [5.41, 5.74) is 0.705. The molecule has 1 heterocycles. The van der Waals surface area contributed by atoms with E-state index in [4.69, 9.17) is 0 Å². The van der Waals surface area contributed by atoms with Gasteiger partial charge in [0.25, 0.3) is 5.91 Å². The lowest BCUT2D eigenvalue weighted by atomic mass is 10.2. The molecule has 2 rings (SSSR count). The van der Waals surface area contributed by atoms with E-state index in [1.807, 2.05) is 18.2 Å². The highest BCUT2D eigenvalue weighted by Gasteiger charge is 2.26. The Hall–Kier alpha value is -2.17. The van der Waals surface area contributed by atoms with Crippen LogP contribution in [-0.2, 0) is 9.59 Å². The molecule has 0 saturated carbocycles. The number of hydrogen-bond acceptors (Lipinski definition) is 3. The lowest BCUT2D eigenvalue weighted by Gasteiger charge is -2.10. The largest absolute Gasteiger partial charge is 0.312 e. The van der Waals surface area contributed by atoms with Crippen LogP contribution in [0.3, 0.4) is 0 Å². The van der Waals surface area contributed by atoms with Crippen molar-refractivity contribution in [3.63, 3.8) is 0 Å². The maximum Gasteiger partial charge on any atom is 0.255 e. The Morgan fingerprint density at radius 3 is 2.61 bits per heavy atom. The number of benzene rings is 1. The minimum absolute atomic E-state index is 0.128. The highest BCUT2D eigenvalue weighted by molar-refractivity contribution is 6.15. The van der Waals surface area contributed by atoms with Gasteiger partial charge in [0.05, 0.1) is 12.1 Å². The number of para-hydroxylation sites is 1. The zero-order valence-corrected chi connectivity index (χ0v) is 10.4. The summed E-state index contributed by atoms with van der Waals surface area (Å²) in [4.78, 5) is 23.3. The second kappa shape index (κ2) is 5.00. The van der Waals surface area contributed by atoms with Crippen LogP contribution in [0, 0.1) is 5.92 Å². The average Bonchev–Trinajstić information content (AvgIpc) is 2.71. The van der Waals surface area contributed by atoms with E-state index in [0.717, 1.165) is 0 Å². The first-order chi connectivity index (χ1) is 8.58. The van der Waals surface area contributed by atoms with Gasteiger partial charge in [-0.3, -0.25) is 9.59 Å². The van der Waals surface area contributed by atoms with Crippen molar-refractivity contribution in [2.45, 2.75) is 20.3 Å². The first-order valence-corrected chi connectivity index (χ1v) is 5.84. The van der Waals surface area contributed by atoms with Crippen molar-refractivity contribution in [2.24, 2.45) is 11.0 Å². The number of amidine groups is 1. The number of rotatable bonds is 2. The summed E-state index contributed by atoms with van der Waals surface area (Å²) in [5, 5.41) is 8.10. The van der Waals surface area contributed by atoms with Crippen molar-refractivity contribution in [1.82, 2.24) is 5.32 Å². The predicted octanol–water partition coefficient (Wildman–Crippen LogP) is 1.51. The molecule has 1 aromatic rings. The van der Waals surface area contributed by atoms with E-state index in [0.29, 0.717) is 11.5 Å².